The van der Waals surface area contributed by atoms with Gasteiger partial charge in [-0.25, -0.2) is 0 Å². The first kappa shape index (κ1) is 15.0. The maximum Gasteiger partial charge on any atom is 0.0543 e. The topological polar surface area (TPSA) is 9.23 Å². The van der Waals surface area contributed by atoms with E-state index in [2.05, 4.69) is 20.8 Å². The Balaban J connectivity index is 2.05. The maximum absolute atomic E-state index is 5.31. The summed E-state index contributed by atoms with van der Waals surface area (Å²) in [6.07, 6.45) is 11.8. The minimum Gasteiger partial charge on any atom is -0.382 e. The normalized spacial score (nSPS) is 28.9. The summed E-state index contributed by atoms with van der Waals surface area (Å²) in [5, 5.41) is 0. The van der Waals surface area contributed by atoms with Gasteiger partial charge in [-0.2, -0.15) is 0 Å². The highest BCUT2D eigenvalue weighted by Gasteiger charge is 2.18. The molecule has 1 heteroatoms. The Bertz CT molecular complexity index is 182. The van der Waals surface area contributed by atoms with Gasteiger partial charge in [0.1, 0.15) is 0 Å². The molecule has 0 aliphatic heterocycles. The van der Waals surface area contributed by atoms with Crippen LogP contribution >= 0.6 is 0 Å². The average Bonchev–Trinajstić information content (AvgIpc) is 2.35. The zero-order valence-corrected chi connectivity index (χ0v) is 12.4. The maximum atomic E-state index is 5.31. The first-order valence-electron chi connectivity index (χ1n) is 7.64. The molecule has 0 N–H and O–H groups in total. The van der Waals surface area contributed by atoms with Crippen LogP contribution in [0.4, 0.5) is 0 Å². The van der Waals surface area contributed by atoms with Gasteiger partial charge in [0.05, 0.1) is 6.10 Å². The SMILES string of the molecule is COC(C)CCC(C)CCC1CCC(C)CC1. The van der Waals surface area contributed by atoms with Crippen molar-refractivity contribution in [1.29, 1.82) is 0 Å². The number of hydrogen-bond acceptors (Lipinski definition) is 1. The van der Waals surface area contributed by atoms with Crippen LogP contribution < -0.4 is 0 Å². The molecule has 0 heterocycles. The van der Waals surface area contributed by atoms with Gasteiger partial charge >= 0.3 is 0 Å². The second-order valence-electron chi connectivity index (χ2n) is 6.43. The largest absolute Gasteiger partial charge is 0.382 e. The molecule has 2 atom stereocenters. The van der Waals surface area contributed by atoms with Crippen molar-refractivity contribution in [3.8, 4) is 0 Å². The van der Waals surface area contributed by atoms with Crippen LogP contribution in [-0.2, 0) is 4.74 Å². The molecule has 1 aliphatic carbocycles. The molecule has 2 unspecified atom stereocenters. The lowest BCUT2D eigenvalue weighted by Crippen LogP contribution is -2.13. The molecule has 0 amide bonds. The Morgan fingerprint density at radius 1 is 1.00 bits per heavy atom. The Labute approximate surface area is 108 Å². The summed E-state index contributed by atoms with van der Waals surface area (Å²) in [6.45, 7) is 6.99. The van der Waals surface area contributed by atoms with E-state index in [4.69, 9.17) is 4.74 Å². The highest BCUT2D eigenvalue weighted by molar-refractivity contribution is 4.71. The molecule has 0 aromatic carbocycles. The first-order valence-corrected chi connectivity index (χ1v) is 7.64. The van der Waals surface area contributed by atoms with Crippen LogP contribution in [0.2, 0.25) is 0 Å². The van der Waals surface area contributed by atoms with Gasteiger partial charge in [-0.05, 0) is 37.5 Å². The van der Waals surface area contributed by atoms with Crippen LogP contribution in [0.5, 0.6) is 0 Å². The molecule has 0 radical (unpaired) electrons. The molecule has 1 fully saturated rings. The number of rotatable bonds is 7. The van der Waals surface area contributed by atoms with E-state index >= 15 is 0 Å². The van der Waals surface area contributed by atoms with E-state index in [0.717, 1.165) is 17.8 Å². The van der Waals surface area contributed by atoms with Crippen molar-refractivity contribution in [2.24, 2.45) is 17.8 Å². The zero-order valence-electron chi connectivity index (χ0n) is 12.4. The van der Waals surface area contributed by atoms with Crippen LogP contribution in [0.25, 0.3) is 0 Å². The second-order valence-corrected chi connectivity index (χ2v) is 6.43. The number of hydrogen-bond donors (Lipinski definition) is 0. The van der Waals surface area contributed by atoms with E-state index in [-0.39, 0.29) is 0 Å². The molecule has 1 aliphatic rings. The quantitative estimate of drug-likeness (QED) is 0.605. The predicted octanol–water partition coefficient (Wildman–Crippen LogP) is 5.04. The molecule has 0 aromatic rings. The molecule has 0 aromatic heterocycles. The summed E-state index contributed by atoms with van der Waals surface area (Å²) < 4.78 is 5.31. The van der Waals surface area contributed by atoms with Crippen LogP contribution in [-0.4, -0.2) is 13.2 Å². The summed E-state index contributed by atoms with van der Waals surface area (Å²) in [7, 11) is 1.82. The molecule has 1 rings (SSSR count). The zero-order chi connectivity index (χ0) is 12.7. The van der Waals surface area contributed by atoms with Crippen LogP contribution in [0, 0.1) is 17.8 Å². The highest BCUT2D eigenvalue weighted by Crippen LogP contribution is 2.32. The lowest BCUT2D eigenvalue weighted by Gasteiger charge is -2.27. The van der Waals surface area contributed by atoms with Crippen molar-refractivity contribution < 1.29 is 4.74 Å². The number of ether oxygens (including phenoxy) is 1. The fraction of sp³-hybridized carbons (Fsp3) is 1.00. The van der Waals surface area contributed by atoms with Crippen LogP contribution in [0.15, 0.2) is 0 Å². The fourth-order valence-corrected chi connectivity index (χ4v) is 2.92. The van der Waals surface area contributed by atoms with E-state index in [9.17, 15) is 0 Å². The van der Waals surface area contributed by atoms with Gasteiger partial charge in [-0.15, -0.1) is 0 Å². The average molecular weight is 240 g/mol. The smallest absolute Gasteiger partial charge is 0.0543 e. The Morgan fingerprint density at radius 2 is 1.65 bits per heavy atom. The molecule has 102 valence electrons. The summed E-state index contributed by atoms with van der Waals surface area (Å²) in [5.74, 6) is 2.91. The van der Waals surface area contributed by atoms with E-state index in [0.29, 0.717) is 6.10 Å². The monoisotopic (exact) mass is 240 g/mol. The number of methoxy groups -OCH3 is 1. The van der Waals surface area contributed by atoms with Crippen molar-refractivity contribution >= 4 is 0 Å². The van der Waals surface area contributed by atoms with Crippen molar-refractivity contribution in [1.82, 2.24) is 0 Å². The van der Waals surface area contributed by atoms with E-state index in [1.165, 1.54) is 51.4 Å². The van der Waals surface area contributed by atoms with Gasteiger partial charge in [0, 0.05) is 7.11 Å². The predicted molar refractivity (Wildman–Crippen MR) is 75.2 cm³/mol. The van der Waals surface area contributed by atoms with Crippen molar-refractivity contribution in [2.45, 2.75) is 78.2 Å². The van der Waals surface area contributed by atoms with Gasteiger partial charge in [0.2, 0.25) is 0 Å². The third kappa shape index (κ3) is 6.45. The van der Waals surface area contributed by atoms with E-state index in [1.54, 1.807) is 0 Å². The molecule has 0 spiro atoms. The summed E-state index contributed by atoms with van der Waals surface area (Å²) in [4.78, 5) is 0. The summed E-state index contributed by atoms with van der Waals surface area (Å²) in [5.41, 5.74) is 0. The Kier molecular flexibility index (Phi) is 7.18. The van der Waals surface area contributed by atoms with Gasteiger partial charge < -0.3 is 4.74 Å². The Morgan fingerprint density at radius 3 is 2.24 bits per heavy atom. The molecule has 0 bridgehead atoms. The lowest BCUT2D eigenvalue weighted by atomic mass is 9.79. The summed E-state index contributed by atoms with van der Waals surface area (Å²) in [6, 6.07) is 0. The minimum absolute atomic E-state index is 0.438. The fourth-order valence-electron chi connectivity index (χ4n) is 2.92. The van der Waals surface area contributed by atoms with Crippen molar-refractivity contribution in [3.63, 3.8) is 0 Å². The minimum atomic E-state index is 0.438. The third-order valence-corrected chi connectivity index (χ3v) is 4.67. The molecular weight excluding hydrogens is 208 g/mol. The molecule has 0 saturated heterocycles. The van der Waals surface area contributed by atoms with E-state index < -0.39 is 0 Å². The van der Waals surface area contributed by atoms with Crippen molar-refractivity contribution in [2.75, 3.05) is 7.11 Å². The lowest BCUT2D eigenvalue weighted by molar-refractivity contribution is 0.104. The molecule has 1 saturated carbocycles. The van der Waals surface area contributed by atoms with E-state index in [1.807, 2.05) is 7.11 Å². The third-order valence-electron chi connectivity index (χ3n) is 4.67. The standard InChI is InChI=1S/C16H32O/c1-13(5-9-15(3)17-4)6-10-16-11-7-14(2)8-12-16/h13-16H,5-12H2,1-4H3. The Hall–Kier alpha value is -0.0400. The molecular formula is C16H32O. The van der Waals surface area contributed by atoms with Gasteiger partial charge in [-0.1, -0.05) is 52.4 Å². The molecule has 1 nitrogen and oxygen atoms in total. The summed E-state index contributed by atoms with van der Waals surface area (Å²) >= 11 is 0. The molecule has 17 heavy (non-hydrogen) atoms. The van der Waals surface area contributed by atoms with Crippen LogP contribution in [0.3, 0.4) is 0 Å². The van der Waals surface area contributed by atoms with Gasteiger partial charge in [0.25, 0.3) is 0 Å². The van der Waals surface area contributed by atoms with Crippen LogP contribution in [0.1, 0.15) is 72.1 Å². The van der Waals surface area contributed by atoms with Crippen molar-refractivity contribution in [3.05, 3.63) is 0 Å². The first-order chi connectivity index (χ1) is 8.11. The highest BCUT2D eigenvalue weighted by atomic mass is 16.5. The van der Waals surface area contributed by atoms with Gasteiger partial charge in [0.15, 0.2) is 0 Å². The second kappa shape index (κ2) is 8.13. The van der Waals surface area contributed by atoms with Gasteiger partial charge in [-0.3, -0.25) is 0 Å².